The Kier molecular flexibility index (Phi) is 3.34. The number of rotatable bonds is 4. The first-order valence-electron chi connectivity index (χ1n) is 6.81. The van der Waals surface area contributed by atoms with Crippen LogP contribution in [0.5, 0.6) is 0 Å². The Morgan fingerprint density at radius 3 is 2.37 bits per heavy atom. The largest absolute Gasteiger partial charge is 0.310 e. The molecule has 98 valence electrons. The van der Waals surface area contributed by atoms with Gasteiger partial charge in [0.05, 0.1) is 0 Å². The normalized spacial score (nSPS) is 14.6. The first kappa shape index (κ1) is 12.4. The fourth-order valence-electron chi connectivity index (χ4n) is 2.16. The molecule has 2 heteroatoms. The first-order valence-corrected chi connectivity index (χ1v) is 6.81. The van der Waals surface area contributed by atoms with E-state index in [1.807, 2.05) is 24.3 Å². The summed E-state index contributed by atoms with van der Waals surface area (Å²) in [6, 6.07) is 14.3. The van der Waals surface area contributed by atoms with Gasteiger partial charge in [-0.05, 0) is 37.0 Å². The molecule has 1 saturated carbocycles. The molecule has 1 nitrogen and oxygen atoms in total. The summed E-state index contributed by atoms with van der Waals surface area (Å²) >= 11 is 0. The van der Waals surface area contributed by atoms with E-state index in [-0.39, 0.29) is 5.82 Å². The fourth-order valence-corrected chi connectivity index (χ4v) is 2.16. The van der Waals surface area contributed by atoms with Crippen molar-refractivity contribution in [2.45, 2.75) is 32.4 Å². The van der Waals surface area contributed by atoms with E-state index in [9.17, 15) is 4.39 Å². The molecule has 3 rings (SSSR count). The van der Waals surface area contributed by atoms with Crippen LogP contribution in [0.25, 0.3) is 11.1 Å². The monoisotopic (exact) mass is 255 g/mol. The maximum absolute atomic E-state index is 14.0. The minimum absolute atomic E-state index is 0.119. The number of benzene rings is 2. The number of hydrogen-bond donors (Lipinski definition) is 1. The summed E-state index contributed by atoms with van der Waals surface area (Å²) in [6.45, 7) is 2.68. The molecular formula is C17H18FN. The molecule has 1 N–H and O–H groups in total. The van der Waals surface area contributed by atoms with E-state index in [4.69, 9.17) is 0 Å². The molecule has 0 spiro atoms. The van der Waals surface area contributed by atoms with E-state index in [1.165, 1.54) is 18.4 Å². The molecule has 1 aliphatic rings. The SMILES string of the molecule is Cc1ccc(-c2ccc(CNC3CC3)c(F)c2)cc1. The van der Waals surface area contributed by atoms with Crippen molar-refractivity contribution in [1.29, 1.82) is 0 Å². The van der Waals surface area contributed by atoms with Crippen molar-refractivity contribution < 1.29 is 4.39 Å². The second-order valence-corrected chi connectivity index (χ2v) is 5.33. The topological polar surface area (TPSA) is 12.0 Å². The Hall–Kier alpha value is -1.67. The molecule has 0 aliphatic heterocycles. The lowest BCUT2D eigenvalue weighted by molar-refractivity contribution is 0.587. The molecule has 19 heavy (non-hydrogen) atoms. The zero-order chi connectivity index (χ0) is 13.2. The van der Waals surface area contributed by atoms with Crippen LogP contribution >= 0.6 is 0 Å². The van der Waals surface area contributed by atoms with Gasteiger partial charge >= 0.3 is 0 Å². The summed E-state index contributed by atoms with van der Waals surface area (Å²) < 4.78 is 14.0. The van der Waals surface area contributed by atoms with Gasteiger partial charge in [-0.1, -0.05) is 42.0 Å². The van der Waals surface area contributed by atoms with E-state index in [0.717, 1.165) is 16.7 Å². The fraction of sp³-hybridized carbons (Fsp3) is 0.294. The summed E-state index contributed by atoms with van der Waals surface area (Å²) in [5.41, 5.74) is 3.97. The van der Waals surface area contributed by atoms with Crippen molar-refractivity contribution in [3.63, 3.8) is 0 Å². The van der Waals surface area contributed by atoms with Crippen LogP contribution in [0.2, 0.25) is 0 Å². The third-order valence-electron chi connectivity index (χ3n) is 3.60. The first-order chi connectivity index (χ1) is 9.22. The van der Waals surface area contributed by atoms with E-state index in [0.29, 0.717) is 12.6 Å². The van der Waals surface area contributed by atoms with Crippen LogP contribution < -0.4 is 5.32 Å². The Labute approximate surface area is 113 Å². The lowest BCUT2D eigenvalue weighted by atomic mass is 10.0. The molecule has 0 unspecified atom stereocenters. The zero-order valence-electron chi connectivity index (χ0n) is 11.1. The molecule has 2 aromatic carbocycles. The molecule has 0 aromatic heterocycles. The van der Waals surface area contributed by atoms with E-state index < -0.39 is 0 Å². The maximum Gasteiger partial charge on any atom is 0.128 e. The summed E-state index contributed by atoms with van der Waals surface area (Å²) in [5.74, 6) is -0.119. The van der Waals surface area contributed by atoms with Gasteiger partial charge in [-0.2, -0.15) is 0 Å². The van der Waals surface area contributed by atoms with Gasteiger partial charge in [0.25, 0.3) is 0 Å². The number of nitrogens with one attached hydrogen (secondary N) is 1. The molecule has 0 saturated heterocycles. The number of aryl methyl sites for hydroxylation is 1. The molecule has 1 aliphatic carbocycles. The smallest absolute Gasteiger partial charge is 0.128 e. The van der Waals surface area contributed by atoms with Gasteiger partial charge in [0.2, 0.25) is 0 Å². The van der Waals surface area contributed by atoms with Gasteiger partial charge in [0.1, 0.15) is 5.82 Å². The van der Waals surface area contributed by atoms with Crippen molar-refractivity contribution in [1.82, 2.24) is 5.32 Å². The van der Waals surface area contributed by atoms with Crippen LogP contribution in [-0.2, 0) is 6.54 Å². The minimum Gasteiger partial charge on any atom is -0.310 e. The molecule has 0 heterocycles. The van der Waals surface area contributed by atoms with E-state index >= 15 is 0 Å². The lowest BCUT2D eigenvalue weighted by Crippen LogP contribution is -2.16. The maximum atomic E-state index is 14.0. The molecule has 0 bridgehead atoms. The highest BCUT2D eigenvalue weighted by atomic mass is 19.1. The Morgan fingerprint density at radius 2 is 1.74 bits per heavy atom. The van der Waals surface area contributed by atoms with Crippen LogP contribution in [0.1, 0.15) is 24.0 Å². The van der Waals surface area contributed by atoms with Crippen molar-refractivity contribution >= 4 is 0 Å². The summed E-state index contributed by atoms with van der Waals surface area (Å²) in [7, 11) is 0. The molecule has 0 amide bonds. The average molecular weight is 255 g/mol. The standard InChI is InChI=1S/C17H18FN/c1-12-2-4-13(5-3-12)14-6-7-15(17(18)10-14)11-19-16-8-9-16/h2-7,10,16,19H,8-9,11H2,1H3. The van der Waals surface area contributed by atoms with Crippen molar-refractivity contribution in [3.05, 3.63) is 59.4 Å². The highest BCUT2D eigenvalue weighted by molar-refractivity contribution is 5.64. The van der Waals surface area contributed by atoms with Crippen molar-refractivity contribution in [3.8, 4) is 11.1 Å². The van der Waals surface area contributed by atoms with Crippen molar-refractivity contribution in [2.24, 2.45) is 0 Å². The average Bonchev–Trinajstić information content (AvgIpc) is 3.22. The van der Waals surface area contributed by atoms with E-state index in [1.54, 1.807) is 6.07 Å². The number of halogens is 1. The third-order valence-corrected chi connectivity index (χ3v) is 3.60. The Morgan fingerprint density at radius 1 is 1.05 bits per heavy atom. The molecule has 0 atom stereocenters. The Bertz CT molecular complexity index is 570. The predicted molar refractivity (Wildman–Crippen MR) is 76.4 cm³/mol. The number of hydrogen-bond acceptors (Lipinski definition) is 1. The van der Waals surface area contributed by atoms with Gasteiger partial charge in [-0.15, -0.1) is 0 Å². The second-order valence-electron chi connectivity index (χ2n) is 5.33. The van der Waals surface area contributed by atoms with Crippen LogP contribution in [0.4, 0.5) is 4.39 Å². The molecule has 0 radical (unpaired) electrons. The van der Waals surface area contributed by atoms with Crippen molar-refractivity contribution in [2.75, 3.05) is 0 Å². The zero-order valence-corrected chi connectivity index (χ0v) is 11.1. The van der Waals surface area contributed by atoms with Gasteiger partial charge in [0.15, 0.2) is 0 Å². The van der Waals surface area contributed by atoms with Gasteiger partial charge in [-0.25, -0.2) is 4.39 Å². The molecular weight excluding hydrogens is 237 g/mol. The highest BCUT2D eigenvalue weighted by Crippen LogP contribution is 2.24. The van der Waals surface area contributed by atoms with Gasteiger partial charge < -0.3 is 5.32 Å². The van der Waals surface area contributed by atoms with E-state index in [2.05, 4.69) is 24.4 Å². The second kappa shape index (κ2) is 5.14. The highest BCUT2D eigenvalue weighted by Gasteiger charge is 2.20. The predicted octanol–water partition coefficient (Wildman–Crippen LogP) is 4.05. The Balaban J connectivity index is 1.79. The quantitative estimate of drug-likeness (QED) is 0.869. The summed E-state index contributed by atoms with van der Waals surface area (Å²) in [6.07, 6.45) is 2.45. The van der Waals surface area contributed by atoms with Crippen LogP contribution in [0, 0.1) is 12.7 Å². The minimum atomic E-state index is -0.119. The molecule has 2 aromatic rings. The lowest BCUT2D eigenvalue weighted by Gasteiger charge is -2.08. The van der Waals surface area contributed by atoms with Gasteiger partial charge in [-0.3, -0.25) is 0 Å². The van der Waals surface area contributed by atoms with Crippen LogP contribution in [-0.4, -0.2) is 6.04 Å². The third kappa shape index (κ3) is 3.02. The summed E-state index contributed by atoms with van der Waals surface area (Å²) in [5, 5.41) is 3.34. The van der Waals surface area contributed by atoms with Crippen LogP contribution in [0.15, 0.2) is 42.5 Å². The summed E-state index contributed by atoms with van der Waals surface area (Å²) in [4.78, 5) is 0. The molecule has 1 fully saturated rings. The van der Waals surface area contributed by atoms with Crippen LogP contribution in [0.3, 0.4) is 0 Å². The van der Waals surface area contributed by atoms with Gasteiger partial charge in [0, 0.05) is 18.2 Å².